The van der Waals surface area contributed by atoms with Crippen molar-refractivity contribution in [2.24, 2.45) is 0 Å². The first kappa shape index (κ1) is 52.8. The zero-order valence-electron chi connectivity index (χ0n) is 36.3. The topological polar surface area (TPSA) is 175 Å². The molecule has 0 aliphatic heterocycles. The number of benzene rings is 2. The summed E-state index contributed by atoms with van der Waals surface area (Å²) in [6, 6.07) is 16.6. The van der Waals surface area contributed by atoms with Crippen molar-refractivity contribution in [1.82, 2.24) is 5.32 Å². The number of carbonyl (C=O) groups is 2. The highest BCUT2D eigenvalue weighted by atomic mass is 16.6. The second-order valence-electron chi connectivity index (χ2n) is 13.3. The summed E-state index contributed by atoms with van der Waals surface area (Å²) in [5.74, 6) is -0.420. The molecule has 0 aromatic heterocycles. The second kappa shape index (κ2) is 37.9. The number of esters is 1. The highest BCUT2D eigenvalue weighted by Gasteiger charge is 2.29. The zero-order chi connectivity index (χ0) is 43.8. The SMILES string of the molecule is C=CC(=O)OCCOCCOCCOCCOCCOCCOCCOCCOCCOCCOCCOCCOCCCNC(=O)OCC1c2ccccc2-c2ccccc21. The van der Waals surface area contributed by atoms with Gasteiger partial charge < -0.3 is 71.6 Å². The van der Waals surface area contributed by atoms with Crippen LogP contribution in [-0.4, -0.2) is 190 Å². The molecule has 0 unspecified atom stereocenters. The molecule has 0 atom stereocenters. The van der Waals surface area contributed by atoms with Gasteiger partial charge in [0, 0.05) is 25.1 Å². The van der Waals surface area contributed by atoms with E-state index >= 15 is 0 Å². The van der Waals surface area contributed by atoms with E-state index in [1.54, 1.807) is 0 Å². The summed E-state index contributed by atoms with van der Waals surface area (Å²) in [5, 5.41) is 2.80. The summed E-state index contributed by atoms with van der Waals surface area (Å²) < 4.78 is 76.1. The van der Waals surface area contributed by atoms with Crippen molar-refractivity contribution < 1.29 is 75.9 Å². The van der Waals surface area contributed by atoms with E-state index in [2.05, 4.69) is 36.2 Å². The molecule has 1 amide bonds. The van der Waals surface area contributed by atoms with Crippen LogP contribution in [0, 0.1) is 0 Å². The highest BCUT2D eigenvalue weighted by Crippen LogP contribution is 2.44. The normalized spacial score (nSPS) is 12.0. The van der Waals surface area contributed by atoms with Crippen molar-refractivity contribution in [3.8, 4) is 11.1 Å². The molecule has 0 fully saturated rings. The number of carbonyl (C=O) groups excluding carboxylic acids is 2. The smallest absolute Gasteiger partial charge is 0.407 e. The molecule has 1 aliphatic rings. The minimum absolute atomic E-state index is 0.0441. The van der Waals surface area contributed by atoms with E-state index < -0.39 is 12.1 Å². The van der Waals surface area contributed by atoms with E-state index in [9.17, 15) is 9.59 Å². The van der Waals surface area contributed by atoms with Gasteiger partial charge in [-0.2, -0.15) is 0 Å². The number of alkyl carbamates (subject to hydrolysis) is 1. The predicted molar refractivity (Wildman–Crippen MR) is 229 cm³/mol. The first-order chi connectivity index (χ1) is 30.7. The van der Waals surface area contributed by atoms with Crippen LogP contribution in [0.1, 0.15) is 23.5 Å². The number of hydrogen-bond acceptors (Lipinski definition) is 16. The van der Waals surface area contributed by atoms with E-state index in [0.29, 0.717) is 178 Å². The van der Waals surface area contributed by atoms with Gasteiger partial charge in [0.15, 0.2) is 0 Å². The lowest BCUT2D eigenvalue weighted by molar-refractivity contribution is -0.139. The number of rotatable bonds is 43. The molecule has 0 saturated carbocycles. The number of ether oxygens (including phenoxy) is 14. The third kappa shape index (κ3) is 26.2. The van der Waals surface area contributed by atoms with Crippen LogP contribution in [0.4, 0.5) is 4.79 Å². The van der Waals surface area contributed by atoms with Gasteiger partial charge in [0.1, 0.15) is 13.2 Å². The molecule has 3 rings (SSSR count). The number of hydrogen-bond donors (Lipinski definition) is 1. The molecule has 1 aliphatic carbocycles. The molecule has 350 valence electrons. The van der Waals surface area contributed by atoms with E-state index in [1.807, 2.05) is 24.3 Å². The summed E-state index contributed by atoms with van der Waals surface area (Å²) in [7, 11) is 0. The molecule has 0 heterocycles. The van der Waals surface area contributed by atoms with Crippen LogP contribution >= 0.6 is 0 Å². The van der Waals surface area contributed by atoms with Gasteiger partial charge in [0.2, 0.25) is 0 Å². The number of amides is 1. The summed E-state index contributed by atoms with van der Waals surface area (Å²) >= 11 is 0. The second-order valence-corrected chi connectivity index (χ2v) is 13.3. The lowest BCUT2D eigenvalue weighted by Crippen LogP contribution is -2.27. The molecule has 1 N–H and O–H groups in total. The Hall–Kier alpha value is -3.56. The zero-order valence-corrected chi connectivity index (χ0v) is 36.3. The molecule has 2 aromatic carbocycles. The lowest BCUT2D eigenvalue weighted by Gasteiger charge is -2.14. The Morgan fingerprint density at radius 3 is 1.08 bits per heavy atom. The van der Waals surface area contributed by atoms with Crippen LogP contribution in [0.2, 0.25) is 0 Å². The Labute approximate surface area is 366 Å². The van der Waals surface area contributed by atoms with Gasteiger partial charge >= 0.3 is 12.1 Å². The van der Waals surface area contributed by atoms with Gasteiger partial charge in [-0.15, -0.1) is 0 Å². The Bertz CT molecular complexity index is 1370. The monoisotopic (exact) mass is 879 g/mol. The fourth-order valence-corrected chi connectivity index (χ4v) is 5.80. The van der Waals surface area contributed by atoms with Crippen molar-refractivity contribution in [3.63, 3.8) is 0 Å². The predicted octanol–water partition coefficient (Wildman–Crippen LogP) is 3.84. The standard InChI is InChI=1S/C45H69NO16/c1-2-44(47)61-37-36-60-35-34-59-33-32-58-31-30-57-29-28-56-27-26-55-25-24-54-23-22-53-21-20-52-19-18-51-17-16-50-15-14-49-13-7-12-46-45(48)62-38-43-41-10-5-3-8-39(41)40-9-4-6-11-42(40)43/h2-6,8-11,43H,1,7,12-38H2,(H,46,48). The van der Waals surface area contributed by atoms with Crippen molar-refractivity contribution in [2.75, 3.05) is 178 Å². The Kier molecular flexibility index (Phi) is 32.3. The van der Waals surface area contributed by atoms with Crippen LogP contribution in [0.3, 0.4) is 0 Å². The van der Waals surface area contributed by atoms with Crippen molar-refractivity contribution >= 4 is 12.1 Å². The summed E-state index contributed by atoms with van der Waals surface area (Å²) in [6.07, 6.45) is 1.37. The van der Waals surface area contributed by atoms with Gasteiger partial charge in [-0.1, -0.05) is 55.1 Å². The van der Waals surface area contributed by atoms with Gasteiger partial charge in [0.05, 0.1) is 152 Å². The molecule has 17 nitrogen and oxygen atoms in total. The maximum atomic E-state index is 12.3. The maximum Gasteiger partial charge on any atom is 0.407 e. The van der Waals surface area contributed by atoms with Crippen molar-refractivity contribution in [3.05, 3.63) is 72.3 Å². The molecule has 0 bridgehead atoms. The van der Waals surface area contributed by atoms with Crippen LogP contribution in [0.5, 0.6) is 0 Å². The molecule has 0 saturated heterocycles. The molecule has 2 aromatic rings. The summed E-state index contributed by atoms with van der Waals surface area (Å²) in [5.41, 5.74) is 4.79. The number of nitrogens with one attached hydrogen (secondary N) is 1. The average Bonchev–Trinajstić information content (AvgIpc) is 3.62. The fraction of sp³-hybridized carbons (Fsp3) is 0.644. The van der Waals surface area contributed by atoms with E-state index in [1.165, 1.54) is 22.3 Å². The van der Waals surface area contributed by atoms with E-state index in [0.717, 1.165) is 6.08 Å². The molecule has 0 spiro atoms. The van der Waals surface area contributed by atoms with Gasteiger partial charge in [0.25, 0.3) is 0 Å². The summed E-state index contributed by atoms with van der Waals surface area (Å²) in [4.78, 5) is 23.2. The van der Waals surface area contributed by atoms with Crippen molar-refractivity contribution in [2.45, 2.75) is 12.3 Å². The van der Waals surface area contributed by atoms with Crippen LogP contribution in [0.25, 0.3) is 11.1 Å². The Morgan fingerprint density at radius 1 is 0.435 bits per heavy atom. The summed E-state index contributed by atoms with van der Waals surface area (Å²) in [6.45, 7) is 15.5. The molecule has 17 heteroatoms. The lowest BCUT2D eigenvalue weighted by atomic mass is 9.98. The van der Waals surface area contributed by atoms with Gasteiger partial charge in [-0.05, 0) is 28.7 Å². The van der Waals surface area contributed by atoms with Crippen LogP contribution in [-0.2, 0) is 71.1 Å². The third-order valence-electron chi connectivity index (χ3n) is 8.81. The van der Waals surface area contributed by atoms with E-state index in [4.69, 9.17) is 66.3 Å². The number of fused-ring (bicyclic) bond motifs is 3. The van der Waals surface area contributed by atoms with Crippen molar-refractivity contribution in [1.29, 1.82) is 0 Å². The van der Waals surface area contributed by atoms with Crippen LogP contribution in [0.15, 0.2) is 61.2 Å². The van der Waals surface area contributed by atoms with Gasteiger partial charge in [-0.3, -0.25) is 0 Å². The first-order valence-electron chi connectivity index (χ1n) is 21.5. The first-order valence-corrected chi connectivity index (χ1v) is 21.5. The minimum Gasteiger partial charge on any atom is -0.460 e. The Balaban J connectivity index is 0.914. The molecular formula is C45H69NO16. The third-order valence-corrected chi connectivity index (χ3v) is 8.81. The minimum atomic E-state index is -0.464. The van der Waals surface area contributed by atoms with E-state index in [-0.39, 0.29) is 12.5 Å². The maximum absolute atomic E-state index is 12.3. The largest absolute Gasteiger partial charge is 0.460 e. The van der Waals surface area contributed by atoms with Crippen LogP contribution < -0.4 is 5.32 Å². The molecular weight excluding hydrogens is 810 g/mol. The Morgan fingerprint density at radius 2 is 0.742 bits per heavy atom. The molecule has 62 heavy (non-hydrogen) atoms. The average molecular weight is 880 g/mol. The highest BCUT2D eigenvalue weighted by molar-refractivity contribution is 5.81. The quantitative estimate of drug-likeness (QED) is 0.0578. The molecule has 0 radical (unpaired) electrons. The fourth-order valence-electron chi connectivity index (χ4n) is 5.80. The van der Waals surface area contributed by atoms with Gasteiger partial charge in [-0.25, -0.2) is 9.59 Å².